The SMILES string of the molecule is CCOC(=O)CCS(=O)(=O)Nc1cccc(C#CCO)c1. The Morgan fingerprint density at radius 2 is 2.19 bits per heavy atom. The van der Waals surface area contributed by atoms with Crippen LogP contribution >= 0.6 is 0 Å². The van der Waals surface area contributed by atoms with Crippen LogP contribution in [0.1, 0.15) is 18.9 Å². The fourth-order valence-corrected chi connectivity index (χ4v) is 2.51. The molecule has 0 fully saturated rings. The van der Waals surface area contributed by atoms with Gasteiger partial charge in [0.25, 0.3) is 0 Å². The predicted molar refractivity (Wildman–Crippen MR) is 79.1 cm³/mol. The number of aliphatic hydroxyl groups excluding tert-OH is 1. The van der Waals surface area contributed by atoms with Gasteiger partial charge < -0.3 is 9.84 Å². The molecular weight excluding hydrogens is 294 g/mol. The summed E-state index contributed by atoms with van der Waals surface area (Å²) >= 11 is 0. The number of hydrogen-bond acceptors (Lipinski definition) is 5. The number of ether oxygens (including phenoxy) is 1. The summed E-state index contributed by atoms with van der Waals surface area (Å²) in [5.41, 5.74) is 0.929. The zero-order valence-corrected chi connectivity index (χ0v) is 12.4. The van der Waals surface area contributed by atoms with Crippen molar-refractivity contribution in [1.29, 1.82) is 0 Å². The summed E-state index contributed by atoms with van der Waals surface area (Å²) in [6.07, 6.45) is -0.201. The van der Waals surface area contributed by atoms with Crippen molar-refractivity contribution < 1.29 is 23.1 Å². The number of carbonyl (C=O) groups is 1. The van der Waals surface area contributed by atoms with E-state index in [9.17, 15) is 13.2 Å². The van der Waals surface area contributed by atoms with Crippen LogP contribution in [0.15, 0.2) is 24.3 Å². The maximum atomic E-state index is 11.8. The van der Waals surface area contributed by atoms with Crippen LogP contribution < -0.4 is 4.72 Å². The molecule has 0 heterocycles. The van der Waals surface area contributed by atoms with E-state index in [-0.39, 0.29) is 25.4 Å². The van der Waals surface area contributed by atoms with E-state index in [1.807, 2.05) is 0 Å². The lowest BCUT2D eigenvalue weighted by Crippen LogP contribution is -2.20. The highest BCUT2D eigenvalue weighted by Crippen LogP contribution is 2.12. The number of rotatable bonds is 6. The van der Waals surface area contributed by atoms with Gasteiger partial charge in [-0.3, -0.25) is 9.52 Å². The van der Waals surface area contributed by atoms with Gasteiger partial charge in [0.15, 0.2) is 0 Å². The van der Waals surface area contributed by atoms with Crippen molar-refractivity contribution in [2.75, 3.05) is 23.7 Å². The maximum Gasteiger partial charge on any atom is 0.306 e. The summed E-state index contributed by atoms with van der Waals surface area (Å²) in [4.78, 5) is 11.2. The molecule has 1 rings (SSSR count). The average molecular weight is 311 g/mol. The minimum absolute atomic E-state index is 0.201. The lowest BCUT2D eigenvalue weighted by Gasteiger charge is -2.08. The first kappa shape index (κ1) is 17.0. The van der Waals surface area contributed by atoms with Crippen molar-refractivity contribution in [3.05, 3.63) is 29.8 Å². The van der Waals surface area contributed by atoms with Gasteiger partial charge in [-0.2, -0.15) is 0 Å². The number of nitrogens with one attached hydrogen (secondary N) is 1. The molecule has 0 aliphatic rings. The van der Waals surface area contributed by atoms with Crippen LogP contribution in [0.3, 0.4) is 0 Å². The quantitative estimate of drug-likeness (QED) is 0.597. The molecule has 0 aromatic heterocycles. The van der Waals surface area contributed by atoms with Gasteiger partial charge in [-0.25, -0.2) is 8.42 Å². The lowest BCUT2D eigenvalue weighted by atomic mass is 10.2. The molecule has 0 aliphatic heterocycles. The van der Waals surface area contributed by atoms with E-state index in [1.165, 1.54) is 0 Å². The van der Waals surface area contributed by atoms with E-state index < -0.39 is 16.0 Å². The maximum absolute atomic E-state index is 11.8. The van der Waals surface area contributed by atoms with E-state index in [0.717, 1.165) is 0 Å². The molecule has 0 unspecified atom stereocenters. The molecule has 0 amide bonds. The van der Waals surface area contributed by atoms with Crippen LogP contribution in [0.5, 0.6) is 0 Å². The number of benzene rings is 1. The number of sulfonamides is 1. The van der Waals surface area contributed by atoms with Gasteiger partial charge in [0.1, 0.15) is 6.61 Å². The van der Waals surface area contributed by atoms with Crippen LogP contribution in [-0.2, 0) is 19.6 Å². The second-order valence-corrected chi connectivity index (χ2v) is 5.86. The Morgan fingerprint density at radius 3 is 2.86 bits per heavy atom. The predicted octanol–water partition coefficient (Wildman–Crippen LogP) is 0.725. The third-order valence-electron chi connectivity index (χ3n) is 2.33. The highest BCUT2D eigenvalue weighted by Gasteiger charge is 2.14. The third kappa shape index (κ3) is 6.79. The van der Waals surface area contributed by atoms with Gasteiger partial charge in [0, 0.05) is 11.3 Å². The molecule has 7 heteroatoms. The van der Waals surface area contributed by atoms with E-state index >= 15 is 0 Å². The highest BCUT2D eigenvalue weighted by atomic mass is 32.2. The van der Waals surface area contributed by atoms with Gasteiger partial charge in [-0.15, -0.1) is 0 Å². The molecule has 2 N–H and O–H groups in total. The van der Waals surface area contributed by atoms with Gasteiger partial charge in [0.2, 0.25) is 10.0 Å². The second kappa shape index (κ2) is 8.29. The van der Waals surface area contributed by atoms with Crippen LogP contribution in [0.25, 0.3) is 0 Å². The van der Waals surface area contributed by atoms with Crippen LogP contribution in [0, 0.1) is 11.8 Å². The summed E-state index contributed by atoms with van der Waals surface area (Å²) in [5, 5.41) is 8.62. The zero-order chi connectivity index (χ0) is 15.7. The smallest absolute Gasteiger partial charge is 0.306 e. The standard InChI is InChI=1S/C14H17NO5S/c1-2-20-14(17)8-10-21(18,19)15-13-7-3-5-12(11-13)6-4-9-16/h3,5,7,11,15-16H,2,8-10H2,1H3. The molecule has 0 aliphatic carbocycles. The molecule has 0 spiro atoms. The minimum atomic E-state index is -3.63. The summed E-state index contributed by atoms with van der Waals surface area (Å²) in [5.74, 6) is 4.26. The molecule has 0 atom stereocenters. The molecule has 21 heavy (non-hydrogen) atoms. The normalized spacial score (nSPS) is 10.4. The number of esters is 1. The molecule has 0 saturated heterocycles. The number of anilines is 1. The fourth-order valence-electron chi connectivity index (χ4n) is 1.48. The van der Waals surface area contributed by atoms with Gasteiger partial charge in [-0.05, 0) is 25.1 Å². The van der Waals surface area contributed by atoms with E-state index in [2.05, 4.69) is 21.3 Å². The van der Waals surface area contributed by atoms with Crippen LogP contribution in [0.2, 0.25) is 0 Å². The van der Waals surface area contributed by atoms with Crippen molar-refractivity contribution in [3.8, 4) is 11.8 Å². The zero-order valence-electron chi connectivity index (χ0n) is 11.6. The van der Waals surface area contributed by atoms with E-state index in [1.54, 1.807) is 31.2 Å². The van der Waals surface area contributed by atoms with Gasteiger partial charge in [0.05, 0.1) is 18.8 Å². The molecule has 1 aromatic carbocycles. The highest BCUT2D eigenvalue weighted by molar-refractivity contribution is 7.92. The Balaban J connectivity index is 2.69. The molecule has 114 valence electrons. The molecule has 0 saturated carbocycles. The first-order chi connectivity index (χ1) is 9.96. The van der Waals surface area contributed by atoms with Gasteiger partial charge in [-0.1, -0.05) is 17.9 Å². The van der Waals surface area contributed by atoms with Crippen molar-refractivity contribution in [2.24, 2.45) is 0 Å². The Hall–Kier alpha value is -2.04. The monoisotopic (exact) mass is 311 g/mol. The summed E-state index contributed by atoms with van der Waals surface area (Å²) in [6.45, 7) is 1.61. The Labute approximate surface area is 124 Å². The molecular formula is C14H17NO5S. The molecule has 1 aromatic rings. The third-order valence-corrected chi connectivity index (χ3v) is 3.62. The first-order valence-electron chi connectivity index (χ1n) is 6.32. The van der Waals surface area contributed by atoms with Crippen molar-refractivity contribution in [2.45, 2.75) is 13.3 Å². The average Bonchev–Trinajstić information content (AvgIpc) is 2.43. The van der Waals surface area contributed by atoms with Crippen LogP contribution in [-0.4, -0.2) is 38.5 Å². The Kier molecular flexibility index (Phi) is 6.72. The van der Waals surface area contributed by atoms with Crippen LogP contribution in [0.4, 0.5) is 5.69 Å². The number of carbonyl (C=O) groups excluding carboxylic acids is 1. The summed E-state index contributed by atoms with van der Waals surface area (Å²) in [7, 11) is -3.63. The Morgan fingerprint density at radius 1 is 1.43 bits per heavy atom. The fraction of sp³-hybridized carbons (Fsp3) is 0.357. The summed E-state index contributed by atoms with van der Waals surface area (Å²) in [6, 6.07) is 6.46. The molecule has 6 nitrogen and oxygen atoms in total. The van der Waals surface area contributed by atoms with Crippen molar-refractivity contribution in [1.82, 2.24) is 0 Å². The minimum Gasteiger partial charge on any atom is -0.466 e. The van der Waals surface area contributed by atoms with Crippen molar-refractivity contribution in [3.63, 3.8) is 0 Å². The molecule has 0 bridgehead atoms. The second-order valence-electron chi connectivity index (χ2n) is 4.02. The first-order valence-corrected chi connectivity index (χ1v) is 7.98. The largest absolute Gasteiger partial charge is 0.466 e. The van der Waals surface area contributed by atoms with Gasteiger partial charge >= 0.3 is 5.97 Å². The number of aliphatic hydroxyl groups is 1. The lowest BCUT2D eigenvalue weighted by molar-refractivity contribution is -0.142. The Bertz CT molecular complexity index is 643. The van der Waals surface area contributed by atoms with E-state index in [0.29, 0.717) is 11.3 Å². The summed E-state index contributed by atoms with van der Waals surface area (Å²) < 4.78 is 30.7. The number of hydrogen-bond donors (Lipinski definition) is 2. The topological polar surface area (TPSA) is 92.7 Å². The molecule has 0 radical (unpaired) electrons. The van der Waals surface area contributed by atoms with E-state index in [4.69, 9.17) is 5.11 Å². The van der Waals surface area contributed by atoms with Crippen molar-refractivity contribution >= 4 is 21.7 Å².